The topological polar surface area (TPSA) is 51.0 Å². The van der Waals surface area contributed by atoms with Gasteiger partial charge in [0, 0.05) is 64.8 Å². The molecule has 5 heteroatoms. The number of benzene rings is 10. The lowest BCUT2D eigenvalue weighted by atomic mass is 9.70. The molecule has 330 valence electrons. The van der Waals surface area contributed by atoms with E-state index in [1.165, 1.54) is 64.7 Å². The minimum atomic E-state index is -0.443. The molecule has 0 N–H and O–H groups in total. The van der Waals surface area contributed by atoms with Crippen molar-refractivity contribution in [3.8, 4) is 33.4 Å². The Balaban J connectivity index is 0.986. The van der Waals surface area contributed by atoms with Crippen LogP contribution in [0.3, 0.4) is 0 Å². The van der Waals surface area contributed by atoms with Crippen molar-refractivity contribution in [2.24, 2.45) is 9.98 Å². The Bertz CT molecular complexity index is 4530. The highest BCUT2D eigenvalue weighted by Gasteiger charge is 2.51. The van der Waals surface area contributed by atoms with E-state index in [4.69, 9.17) is 18.8 Å². The molecule has 10 aromatic carbocycles. The van der Waals surface area contributed by atoms with Gasteiger partial charge in [-0.2, -0.15) is 0 Å². The zero-order valence-electron chi connectivity index (χ0n) is 38.1. The van der Waals surface area contributed by atoms with Crippen LogP contribution in [-0.2, 0) is 5.41 Å². The first-order chi connectivity index (χ1) is 35.2. The molecule has 1 aliphatic heterocycles. The lowest BCUT2D eigenvalue weighted by molar-refractivity contribution is 0.668. The first-order valence-corrected chi connectivity index (χ1v) is 25.1. The molecule has 4 heterocycles. The van der Waals surface area contributed by atoms with E-state index in [-0.39, 0.29) is 0 Å². The average molecular weight is 923 g/mol. The minimum Gasteiger partial charge on any atom is -0.456 e. The Morgan fingerprint density at radius 1 is 0.394 bits per heavy atom. The maximum atomic E-state index is 6.74. The van der Waals surface area contributed by atoms with E-state index in [0.29, 0.717) is 12.3 Å². The Morgan fingerprint density at radius 3 is 1.69 bits per heavy atom. The molecule has 0 fully saturated rings. The van der Waals surface area contributed by atoms with Crippen molar-refractivity contribution in [1.82, 2.24) is 0 Å². The molecule has 0 amide bonds. The summed E-state index contributed by atoms with van der Waals surface area (Å²) in [6.07, 6.45) is 2.84. The summed E-state index contributed by atoms with van der Waals surface area (Å²) in [5, 5.41) is 6.61. The summed E-state index contributed by atoms with van der Waals surface area (Å²) >= 11 is 1.82. The minimum absolute atomic E-state index is 0.443. The van der Waals surface area contributed by atoms with Crippen LogP contribution in [0.15, 0.2) is 237 Å². The first-order valence-electron chi connectivity index (χ1n) is 24.3. The van der Waals surface area contributed by atoms with Crippen LogP contribution in [0.1, 0.15) is 45.4 Å². The molecule has 16 rings (SSSR count). The van der Waals surface area contributed by atoms with Crippen LogP contribution in [0.5, 0.6) is 0 Å². The van der Waals surface area contributed by atoms with Gasteiger partial charge < -0.3 is 8.83 Å². The van der Waals surface area contributed by atoms with Crippen LogP contribution in [0, 0.1) is 0 Å². The van der Waals surface area contributed by atoms with Crippen LogP contribution >= 0.6 is 11.3 Å². The fraction of sp³-hybridized carbons (Fsp3) is 0.0303. The van der Waals surface area contributed by atoms with E-state index in [2.05, 4.69) is 200 Å². The van der Waals surface area contributed by atoms with Crippen molar-refractivity contribution in [3.05, 3.63) is 257 Å². The second-order valence-corrected chi connectivity index (χ2v) is 20.0. The Morgan fingerprint density at radius 2 is 0.944 bits per heavy atom. The van der Waals surface area contributed by atoms with Gasteiger partial charge in [-0.1, -0.05) is 176 Å². The highest BCUT2D eigenvalue weighted by atomic mass is 32.1. The molecule has 4 nitrogen and oxygen atoms in total. The monoisotopic (exact) mass is 922 g/mol. The van der Waals surface area contributed by atoms with E-state index in [1.54, 1.807) is 0 Å². The number of amidine groups is 1. The zero-order valence-corrected chi connectivity index (χ0v) is 38.9. The van der Waals surface area contributed by atoms with E-state index < -0.39 is 5.41 Å². The normalized spacial score (nSPS) is 14.5. The number of aliphatic imine (C=N–C) groups is 2. The van der Waals surface area contributed by atoms with Gasteiger partial charge in [-0.15, -0.1) is 11.3 Å². The van der Waals surface area contributed by atoms with E-state index in [0.717, 1.165) is 83.1 Å². The van der Waals surface area contributed by atoms with Crippen molar-refractivity contribution in [2.75, 3.05) is 0 Å². The molecule has 3 aliphatic rings. The van der Waals surface area contributed by atoms with Crippen molar-refractivity contribution < 1.29 is 8.83 Å². The van der Waals surface area contributed by atoms with Gasteiger partial charge in [0.15, 0.2) is 5.84 Å². The third kappa shape index (κ3) is 5.33. The lowest BCUT2D eigenvalue weighted by Gasteiger charge is -2.30. The molecule has 0 saturated heterocycles. The molecule has 0 bridgehead atoms. The number of thiophene rings is 1. The molecule has 13 aromatic rings. The molecule has 0 saturated carbocycles. The maximum absolute atomic E-state index is 6.74. The van der Waals surface area contributed by atoms with Gasteiger partial charge in [-0.25, -0.2) is 9.98 Å². The smallest absolute Gasteiger partial charge is 0.161 e. The molecule has 0 unspecified atom stereocenters. The zero-order chi connectivity index (χ0) is 46.4. The number of nitrogens with zero attached hydrogens (tertiary/aromatic N) is 2. The number of rotatable bonds is 4. The summed E-state index contributed by atoms with van der Waals surface area (Å²) in [5.41, 5.74) is 20.2. The third-order valence-electron chi connectivity index (χ3n) is 15.4. The van der Waals surface area contributed by atoms with Gasteiger partial charge in [-0.05, 0) is 98.1 Å². The predicted molar refractivity (Wildman–Crippen MR) is 294 cm³/mol. The molecule has 2 aliphatic carbocycles. The molecule has 3 aromatic heterocycles. The van der Waals surface area contributed by atoms with Crippen LogP contribution in [-0.4, -0.2) is 11.5 Å². The lowest BCUT2D eigenvalue weighted by Crippen LogP contribution is -2.25. The number of para-hydroxylation sites is 2. The number of allylic oxidation sites excluding steroid dienone is 1. The van der Waals surface area contributed by atoms with Crippen molar-refractivity contribution >= 4 is 92.6 Å². The van der Waals surface area contributed by atoms with Gasteiger partial charge in [0.2, 0.25) is 0 Å². The standard InChI is InChI=1S/C66H38N2O2S/c1-7-24-50-40(15-1)41-16-2-8-25-51(41)66(50)52-26-9-3-17-42(52)49-37-38(31-33-53(49)66)39-32-36-59-62(48-20-5-11-28-57(48)70-59)63(39)65-67-54(45-22-14-29-58-61(45)47-19-4-10-27-56(47)69-58)34-35-55(68-65)46-23-13-21-44-43-18-6-12-30-60(43)71-64(44)46/h1-33,35-37H,34H2. The number of fused-ring (bicyclic) bond motifs is 19. The summed E-state index contributed by atoms with van der Waals surface area (Å²) in [6, 6.07) is 76.8. The first kappa shape index (κ1) is 39.0. The quantitative estimate of drug-likeness (QED) is 0.177. The maximum Gasteiger partial charge on any atom is 0.161 e. The molecule has 0 radical (unpaired) electrons. The Kier molecular flexibility index (Phi) is 8.00. The van der Waals surface area contributed by atoms with Crippen LogP contribution in [0.4, 0.5) is 0 Å². The van der Waals surface area contributed by atoms with Gasteiger partial charge in [-0.3, -0.25) is 0 Å². The molecular weight excluding hydrogens is 885 g/mol. The van der Waals surface area contributed by atoms with Crippen LogP contribution in [0.2, 0.25) is 0 Å². The van der Waals surface area contributed by atoms with Gasteiger partial charge in [0.05, 0.1) is 16.8 Å². The van der Waals surface area contributed by atoms with Crippen molar-refractivity contribution in [2.45, 2.75) is 11.8 Å². The summed E-state index contributed by atoms with van der Waals surface area (Å²) in [4.78, 5) is 11.6. The van der Waals surface area contributed by atoms with Crippen LogP contribution in [0.25, 0.3) is 103 Å². The predicted octanol–water partition coefficient (Wildman–Crippen LogP) is 17.5. The third-order valence-corrected chi connectivity index (χ3v) is 16.6. The molecule has 0 atom stereocenters. The molecular formula is C66H38N2O2S. The van der Waals surface area contributed by atoms with Gasteiger partial charge in [0.25, 0.3) is 0 Å². The fourth-order valence-electron chi connectivity index (χ4n) is 12.5. The van der Waals surface area contributed by atoms with E-state index in [1.807, 2.05) is 29.5 Å². The van der Waals surface area contributed by atoms with Gasteiger partial charge in [0.1, 0.15) is 22.3 Å². The number of hydrogen-bond acceptors (Lipinski definition) is 5. The average Bonchev–Trinajstić information content (AvgIpc) is 4.21. The molecule has 1 spiro atoms. The van der Waals surface area contributed by atoms with Crippen LogP contribution < -0.4 is 0 Å². The number of hydrogen-bond donors (Lipinski definition) is 0. The number of furan rings is 2. The Labute approximate surface area is 411 Å². The second-order valence-electron chi connectivity index (χ2n) is 19.0. The highest BCUT2D eigenvalue weighted by molar-refractivity contribution is 7.26. The highest BCUT2D eigenvalue weighted by Crippen LogP contribution is 2.63. The summed E-state index contributed by atoms with van der Waals surface area (Å²) in [6.45, 7) is 0. The van der Waals surface area contributed by atoms with E-state index in [9.17, 15) is 0 Å². The van der Waals surface area contributed by atoms with Gasteiger partial charge >= 0.3 is 0 Å². The second kappa shape index (κ2) is 14.6. The fourth-order valence-corrected chi connectivity index (χ4v) is 13.7. The Hall–Kier alpha value is -8.90. The summed E-state index contributed by atoms with van der Waals surface area (Å²) in [7, 11) is 0. The van der Waals surface area contributed by atoms with Crippen molar-refractivity contribution in [3.63, 3.8) is 0 Å². The summed E-state index contributed by atoms with van der Waals surface area (Å²) in [5.74, 6) is 0.634. The molecule has 71 heavy (non-hydrogen) atoms. The SMILES string of the molecule is C1=C(c2cccc3c2sc2ccccc23)N=C(c2c(-c3ccc4c(c3)-c3ccccc3C43c4ccccc4-c4ccccc43)ccc3oc4ccccc4c23)N=C(c2cccc3oc4ccccc4c23)C1. The van der Waals surface area contributed by atoms with Crippen molar-refractivity contribution in [1.29, 1.82) is 0 Å². The summed E-state index contributed by atoms with van der Waals surface area (Å²) < 4.78 is 15.7. The largest absolute Gasteiger partial charge is 0.456 e. The van der Waals surface area contributed by atoms with E-state index >= 15 is 0 Å².